The molecule has 2 N–H and O–H groups in total. The van der Waals surface area contributed by atoms with Crippen molar-refractivity contribution in [1.29, 1.82) is 0 Å². The molecule has 8 nitrogen and oxygen atoms in total. The number of carbonyl (C=O) groups is 1. The second kappa shape index (κ2) is 7.20. The largest absolute Gasteiger partial charge is 0.504 e. The molecule has 2 aliphatic heterocycles. The lowest BCUT2D eigenvalue weighted by Gasteiger charge is -2.52. The van der Waals surface area contributed by atoms with E-state index < -0.39 is 16.2 Å². The van der Waals surface area contributed by atoms with Crippen LogP contribution in [0.15, 0.2) is 61.0 Å². The van der Waals surface area contributed by atoms with Crippen molar-refractivity contribution in [1.82, 2.24) is 10.2 Å². The van der Waals surface area contributed by atoms with Gasteiger partial charge in [0.05, 0.1) is 10.3 Å². The molecule has 2 aromatic rings. The van der Waals surface area contributed by atoms with Gasteiger partial charge in [0, 0.05) is 41.4 Å². The van der Waals surface area contributed by atoms with Gasteiger partial charge in [0.1, 0.15) is 5.76 Å². The molecule has 1 spiro atoms. The van der Waals surface area contributed by atoms with E-state index in [-0.39, 0.29) is 29.0 Å². The summed E-state index contributed by atoms with van der Waals surface area (Å²) in [6.07, 6.45) is 5.06. The summed E-state index contributed by atoms with van der Waals surface area (Å²) >= 11 is 0. The Morgan fingerprint density at radius 3 is 2.97 bits per heavy atom. The molecule has 1 aliphatic carbocycles. The first kappa shape index (κ1) is 20.3. The summed E-state index contributed by atoms with van der Waals surface area (Å²) in [4.78, 5) is 25.6. The number of benzene rings is 2. The van der Waals surface area contributed by atoms with E-state index in [0.717, 1.165) is 30.5 Å². The number of piperidine rings is 1. The minimum Gasteiger partial charge on any atom is -0.504 e. The molecule has 2 heterocycles. The Kier molecular flexibility index (Phi) is 4.56. The number of allylic oxidation sites excluding steroid dienone is 1. The number of hydrogen-bond donors (Lipinski definition) is 2. The molecule has 3 aliphatic rings. The number of nitrogens with zero attached hydrogens (tertiary/aromatic N) is 2. The Labute approximate surface area is 185 Å². The van der Waals surface area contributed by atoms with Gasteiger partial charge in [-0.05, 0) is 44.1 Å². The number of amides is 1. The number of nitro groups is 1. The quantitative estimate of drug-likeness (QED) is 0.436. The van der Waals surface area contributed by atoms with Gasteiger partial charge in [-0.2, -0.15) is 0 Å². The van der Waals surface area contributed by atoms with Crippen LogP contribution in [0.5, 0.6) is 11.5 Å². The minimum atomic E-state index is -0.537. The maximum Gasteiger partial charge on any atom is 0.270 e. The fourth-order valence-corrected chi connectivity index (χ4v) is 5.57. The Hall–Kier alpha value is -3.65. The van der Waals surface area contributed by atoms with Crippen molar-refractivity contribution in [3.05, 3.63) is 87.8 Å². The SMILES string of the molecule is C=CC1C2Cc3ccc(O)c4c3C1(CCN2C)/C(=C\NC(=O)c1cccc([N+](=O)[O-])c1)O4. The van der Waals surface area contributed by atoms with Crippen LogP contribution in [0.1, 0.15) is 27.9 Å². The first-order valence-electron chi connectivity index (χ1n) is 10.5. The number of fused-ring (bicyclic) bond motifs is 1. The Morgan fingerprint density at radius 2 is 2.22 bits per heavy atom. The highest BCUT2D eigenvalue weighted by atomic mass is 16.6. The van der Waals surface area contributed by atoms with Gasteiger partial charge in [-0.3, -0.25) is 14.9 Å². The number of likely N-dealkylation sites (tertiary alicyclic amines) is 1. The van der Waals surface area contributed by atoms with Crippen molar-refractivity contribution in [3.63, 3.8) is 0 Å². The fourth-order valence-electron chi connectivity index (χ4n) is 5.57. The van der Waals surface area contributed by atoms with Crippen molar-refractivity contribution in [3.8, 4) is 11.5 Å². The lowest BCUT2D eigenvalue weighted by molar-refractivity contribution is -0.384. The number of non-ortho nitro benzene ring substituents is 1. The Morgan fingerprint density at radius 1 is 1.41 bits per heavy atom. The average Bonchev–Trinajstić information content (AvgIpc) is 3.12. The van der Waals surface area contributed by atoms with Crippen molar-refractivity contribution in [2.75, 3.05) is 13.6 Å². The monoisotopic (exact) mass is 433 g/mol. The third kappa shape index (κ3) is 2.76. The minimum absolute atomic E-state index is 0.0396. The van der Waals surface area contributed by atoms with Crippen LogP contribution in [0.3, 0.4) is 0 Å². The average molecular weight is 433 g/mol. The number of nitrogens with one attached hydrogen (secondary N) is 1. The number of phenolic OH excluding ortho intramolecular Hbond substituents is 1. The summed E-state index contributed by atoms with van der Waals surface area (Å²) in [5.41, 5.74) is 1.60. The molecule has 0 aromatic heterocycles. The van der Waals surface area contributed by atoms with Crippen molar-refractivity contribution in [2.24, 2.45) is 5.92 Å². The van der Waals surface area contributed by atoms with Crippen LogP contribution < -0.4 is 10.1 Å². The summed E-state index contributed by atoms with van der Waals surface area (Å²) in [6.45, 7) is 4.93. The zero-order valence-electron chi connectivity index (χ0n) is 17.6. The third-order valence-corrected chi connectivity index (χ3v) is 7.07. The smallest absolute Gasteiger partial charge is 0.270 e. The molecule has 0 radical (unpaired) electrons. The highest BCUT2D eigenvalue weighted by molar-refractivity contribution is 5.95. The van der Waals surface area contributed by atoms with E-state index in [1.165, 1.54) is 30.5 Å². The van der Waals surface area contributed by atoms with Crippen molar-refractivity contribution in [2.45, 2.75) is 24.3 Å². The zero-order chi connectivity index (χ0) is 22.6. The molecule has 164 valence electrons. The van der Waals surface area contributed by atoms with E-state index in [1.807, 2.05) is 12.1 Å². The fraction of sp³-hybridized carbons (Fsp3) is 0.292. The normalized spacial score (nSPS) is 26.8. The molecule has 32 heavy (non-hydrogen) atoms. The standard InChI is InChI=1S/C24H23N3O5/c1-3-17-18-12-14-7-8-19(28)22-21(14)24(17,9-10-26(18)2)20(32-22)13-25-23(29)15-5-4-6-16(11-15)27(30)31/h3-8,11,13,17-18,28H,1,9-10,12H2,2H3,(H,25,29)/b20-13+. The number of likely N-dealkylation sites (N-methyl/N-ethyl adjacent to an activating group) is 1. The molecule has 0 saturated carbocycles. The van der Waals surface area contributed by atoms with Gasteiger partial charge in [-0.15, -0.1) is 6.58 Å². The Bertz CT molecular complexity index is 1190. The van der Waals surface area contributed by atoms with Gasteiger partial charge in [0.15, 0.2) is 11.5 Å². The van der Waals surface area contributed by atoms with Crippen LogP contribution in [0.25, 0.3) is 0 Å². The van der Waals surface area contributed by atoms with Gasteiger partial charge in [-0.1, -0.05) is 18.2 Å². The second-order valence-electron chi connectivity index (χ2n) is 8.57. The summed E-state index contributed by atoms with van der Waals surface area (Å²) in [5.74, 6) is 0.622. The molecule has 2 bridgehead atoms. The lowest BCUT2D eigenvalue weighted by Crippen LogP contribution is -2.58. The zero-order valence-corrected chi connectivity index (χ0v) is 17.6. The van der Waals surface area contributed by atoms with Crippen LogP contribution in [0, 0.1) is 16.0 Å². The maximum absolute atomic E-state index is 12.8. The van der Waals surface area contributed by atoms with Gasteiger partial charge in [0.25, 0.3) is 11.6 Å². The highest BCUT2D eigenvalue weighted by Gasteiger charge is 2.59. The first-order chi connectivity index (χ1) is 15.4. The van der Waals surface area contributed by atoms with E-state index in [9.17, 15) is 20.0 Å². The maximum atomic E-state index is 12.8. The second-order valence-corrected chi connectivity index (χ2v) is 8.57. The first-order valence-corrected chi connectivity index (χ1v) is 10.5. The number of phenols is 1. The molecular weight excluding hydrogens is 410 g/mol. The number of hydrogen-bond acceptors (Lipinski definition) is 6. The number of carbonyl (C=O) groups excluding carboxylic acids is 1. The number of aromatic hydroxyl groups is 1. The molecule has 2 aromatic carbocycles. The number of nitro benzene ring substituents is 1. The van der Waals surface area contributed by atoms with Crippen LogP contribution in [0.2, 0.25) is 0 Å². The highest BCUT2D eigenvalue weighted by Crippen LogP contribution is 2.61. The summed E-state index contributed by atoms with van der Waals surface area (Å²) in [5, 5.41) is 24.3. The van der Waals surface area contributed by atoms with Crippen LogP contribution in [-0.2, 0) is 11.8 Å². The topological polar surface area (TPSA) is 105 Å². The molecular formula is C24H23N3O5. The summed E-state index contributed by atoms with van der Waals surface area (Å²) < 4.78 is 6.18. The van der Waals surface area contributed by atoms with E-state index >= 15 is 0 Å². The molecule has 1 amide bonds. The van der Waals surface area contributed by atoms with Crippen LogP contribution in [-0.4, -0.2) is 40.5 Å². The molecule has 5 rings (SSSR count). The van der Waals surface area contributed by atoms with Crippen molar-refractivity contribution < 1.29 is 19.6 Å². The summed E-state index contributed by atoms with van der Waals surface area (Å²) in [6, 6.07) is 9.39. The third-order valence-electron chi connectivity index (χ3n) is 7.07. The number of rotatable bonds is 4. The number of ether oxygens (including phenoxy) is 1. The van der Waals surface area contributed by atoms with Gasteiger partial charge in [0.2, 0.25) is 0 Å². The predicted octanol–water partition coefficient (Wildman–Crippen LogP) is 3.26. The Balaban J connectivity index is 1.56. The predicted molar refractivity (Wildman–Crippen MR) is 117 cm³/mol. The van der Waals surface area contributed by atoms with Crippen molar-refractivity contribution >= 4 is 11.6 Å². The molecule has 1 fully saturated rings. The van der Waals surface area contributed by atoms with E-state index in [4.69, 9.17) is 4.74 Å². The summed E-state index contributed by atoms with van der Waals surface area (Å²) in [7, 11) is 2.10. The van der Waals surface area contributed by atoms with Gasteiger partial charge < -0.3 is 20.1 Å². The van der Waals surface area contributed by atoms with E-state index in [1.54, 1.807) is 6.07 Å². The van der Waals surface area contributed by atoms with Crippen LogP contribution >= 0.6 is 0 Å². The van der Waals surface area contributed by atoms with Gasteiger partial charge in [-0.25, -0.2) is 0 Å². The van der Waals surface area contributed by atoms with E-state index in [0.29, 0.717) is 11.5 Å². The lowest BCUT2D eigenvalue weighted by atomic mass is 9.57. The molecule has 8 heteroatoms. The van der Waals surface area contributed by atoms with E-state index in [2.05, 4.69) is 23.8 Å². The molecule has 1 saturated heterocycles. The van der Waals surface area contributed by atoms with Gasteiger partial charge >= 0.3 is 0 Å². The van der Waals surface area contributed by atoms with Crippen LogP contribution in [0.4, 0.5) is 5.69 Å². The molecule has 3 atom stereocenters. The molecule has 3 unspecified atom stereocenters.